The fourth-order valence-electron chi connectivity index (χ4n) is 15.0. The molecule has 0 fully saturated rings. The van der Waals surface area contributed by atoms with E-state index in [1.165, 1.54) is 76.0 Å². The van der Waals surface area contributed by atoms with Crippen LogP contribution in [0.2, 0.25) is 0 Å². The molecule has 0 radical (unpaired) electrons. The summed E-state index contributed by atoms with van der Waals surface area (Å²) in [5.74, 6) is 4.19. The number of non-ortho nitro benzene ring substituents is 3. The number of benzene rings is 16. The summed E-state index contributed by atoms with van der Waals surface area (Å²) in [5.41, 5.74) is 18.2. The Morgan fingerprint density at radius 2 is 0.504 bits per heavy atom. The van der Waals surface area contributed by atoms with Crippen molar-refractivity contribution in [2.45, 2.75) is 6.42 Å². The number of esters is 4. The molecule has 0 aromatic heterocycles. The van der Waals surface area contributed by atoms with Gasteiger partial charge in [0.2, 0.25) is 0 Å². The van der Waals surface area contributed by atoms with Gasteiger partial charge < -0.3 is 73.1 Å². The molecule has 5 aliphatic rings. The van der Waals surface area contributed by atoms with Crippen molar-refractivity contribution >= 4 is 185 Å². The molecule has 5 aliphatic heterocycles. The van der Waals surface area contributed by atoms with E-state index in [1.807, 2.05) is 276 Å². The predicted molar refractivity (Wildman–Crippen MR) is 541 cm³/mol. The molecule has 0 spiro atoms. The molecule has 0 unspecified atom stereocenters. The molecule has 0 atom stereocenters. The van der Waals surface area contributed by atoms with E-state index in [-0.39, 0.29) is 45.3 Å². The molecule has 0 bridgehead atoms. The van der Waals surface area contributed by atoms with Gasteiger partial charge in [-0.1, -0.05) is 193 Å². The van der Waals surface area contributed by atoms with E-state index < -0.39 is 38.6 Å². The standard InChI is InChI=1S/C20H14BrNO3.2C20H14N2O5.C19H12BrNO3.C13H10O.C8H6BrNO4.C6H6BrN/c1-24-20(23)13-10-14(21)12-15(11-13)22-16-6-2-4-8-18(16)25-19-9-5-3-7-17(19)22;2*1-26-20(23)13-10-14(12-15(11-13)22(24)25)21-16-6-2-4-8-18(16)27-19-9-5-3-7-17(19)21;20-13-9-12(19(22)23)10-14(11-13)21-15-5-1-3-7-17(15)24-18-8-4-2-6-16(18)21;1-3-7-12-10(5-1)9-11-6-2-4-8-13(11)14-12;1-14-8(11)5-2-6(9)4-7(3-5)10(12)13;7-5-3-1-2-4-6(5)8/h2-12H,1H3;2*2-12H,1H3;1-11H,(H,22,23);1-8H,9H2;2-4H,1H3;1-4H,8H2. The Morgan fingerprint density at radius 3 is 0.770 bits per heavy atom. The summed E-state index contributed by atoms with van der Waals surface area (Å²) in [6.45, 7) is 0. The molecule has 139 heavy (non-hydrogen) atoms. The SMILES string of the molecule is COC(=O)c1cc(Br)cc(N2c3ccccc3Oc3ccccc32)c1.COC(=O)c1cc(Br)cc([N+](=O)[O-])c1.COC(=O)c1cc(N2c3ccccc3Oc3ccccc32)cc([N+](=O)[O-])c1.COC(=O)c1cc(N2c3ccccc3Oc3ccccc32)cc([N+](=O)[O-])c1.Nc1ccccc1Br.O=C(O)c1cc(Br)cc(N2c3ccccc3Oc3ccccc32)c1.c1ccc2c(c1)Cc1ccccc1O2. The van der Waals surface area contributed by atoms with Gasteiger partial charge in [-0.15, -0.1) is 0 Å². The second-order valence-electron chi connectivity index (χ2n) is 30.1. The number of carbonyl (C=O) groups is 5. The van der Waals surface area contributed by atoms with Crippen LogP contribution in [0.15, 0.2) is 376 Å². The molecule has 21 rings (SSSR count). The number of nitro groups is 3. The van der Waals surface area contributed by atoms with E-state index in [0.717, 1.165) is 95.7 Å². The maximum absolute atomic E-state index is 12.0. The number of nitrogens with two attached hydrogens (primary N) is 1. The van der Waals surface area contributed by atoms with Gasteiger partial charge in [0.05, 0.1) is 128 Å². The van der Waals surface area contributed by atoms with Crippen LogP contribution in [0.25, 0.3) is 0 Å². The maximum Gasteiger partial charge on any atom is 0.338 e. The fraction of sp³-hybridized carbons (Fsp3) is 0.0472. The van der Waals surface area contributed by atoms with Crippen molar-refractivity contribution in [1.29, 1.82) is 0 Å². The van der Waals surface area contributed by atoms with Crippen LogP contribution in [-0.4, -0.2) is 78.2 Å². The lowest BCUT2D eigenvalue weighted by Gasteiger charge is -2.33. The zero-order chi connectivity index (χ0) is 98.1. The van der Waals surface area contributed by atoms with Gasteiger partial charge in [0.15, 0.2) is 46.0 Å². The zero-order valence-corrected chi connectivity index (χ0v) is 79.9. The molecule has 0 amide bonds. The van der Waals surface area contributed by atoms with Crippen molar-refractivity contribution < 1.29 is 86.5 Å². The number of aromatic carboxylic acids is 1. The number of anilines is 13. The smallest absolute Gasteiger partial charge is 0.338 e. The first-order valence-electron chi connectivity index (χ1n) is 41.9. The van der Waals surface area contributed by atoms with Gasteiger partial charge in [0.25, 0.3) is 17.1 Å². The second-order valence-corrected chi connectivity index (χ2v) is 33.7. The van der Waals surface area contributed by atoms with Crippen LogP contribution >= 0.6 is 63.7 Å². The Balaban J connectivity index is 0.000000126. The molecule has 5 heterocycles. The van der Waals surface area contributed by atoms with Gasteiger partial charge in [-0.2, -0.15) is 0 Å². The molecule has 3 N–H and O–H groups in total. The minimum Gasteiger partial charge on any atom is -0.478 e. The van der Waals surface area contributed by atoms with Crippen molar-refractivity contribution in [2.24, 2.45) is 0 Å². The summed E-state index contributed by atoms with van der Waals surface area (Å²) < 4.78 is 51.4. The highest BCUT2D eigenvalue weighted by Gasteiger charge is 2.33. The van der Waals surface area contributed by atoms with Crippen LogP contribution in [0, 0.1) is 30.3 Å². The normalized spacial score (nSPS) is 11.6. The summed E-state index contributed by atoms with van der Waals surface area (Å²) in [6, 6.07) is 107. The predicted octanol–water partition coefficient (Wildman–Crippen LogP) is 29.0. The third-order valence-electron chi connectivity index (χ3n) is 21.2. The quantitative estimate of drug-likeness (QED) is 0.0377. The van der Waals surface area contributed by atoms with Gasteiger partial charge in [0, 0.05) is 77.8 Å². The third-order valence-corrected chi connectivity index (χ3v) is 23.3. The van der Waals surface area contributed by atoms with E-state index in [9.17, 15) is 59.4 Å². The number of hydrogen-bond donors (Lipinski definition) is 2. The number of nitro benzene ring substituents is 3. The molecular weight excluding hydrogens is 2040 g/mol. The number of carbonyl (C=O) groups excluding carboxylic acids is 4. The summed E-state index contributed by atoms with van der Waals surface area (Å²) in [5, 5.41) is 42.6. The Bertz CT molecular complexity index is 6980. The van der Waals surface area contributed by atoms with E-state index in [1.54, 1.807) is 30.3 Å². The number of nitrogens with zero attached hydrogens (tertiary/aromatic N) is 7. The number of rotatable bonds is 12. The molecule has 0 aliphatic carbocycles. The van der Waals surface area contributed by atoms with Crippen LogP contribution in [0.4, 0.5) is 91.0 Å². The number of nitrogen functional groups attached to an aromatic ring is 1. The Labute approximate surface area is 827 Å². The highest BCUT2D eigenvalue weighted by molar-refractivity contribution is 9.11. The summed E-state index contributed by atoms with van der Waals surface area (Å²) >= 11 is 13.2. The summed E-state index contributed by atoms with van der Waals surface area (Å²) in [4.78, 5) is 97.9. The first kappa shape index (κ1) is 96.6. The number of carboxylic acid groups (broad SMARTS) is 1. The highest BCUT2D eigenvalue weighted by atomic mass is 79.9. The molecule has 16 aromatic carbocycles. The first-order valence-corrected chi connectivity index (χ1v) is 45.1. The fourth-order valence-corrected chi connectivity index (χ4v) is 16.8. The lowest BCUT2D eigenvalue weighted by Crippen LogP contribution is -2.16. The molecule has 33 heteroatoms. The third kappa shape index (κ3) is 22.5. The van der Waals surface area contributed by atoms with Crippen LogP contribution in [0.1, 0.15) is 62.9 Å². The van der Waals surface area contributed by atoms with Gasteiger partial charge in [0.1, 0.15) is 11.5 Å². The van der Waals surface area contributed by atoms with Gasteiger partial charge in [-0.3, -0.25) is 30.3 Å². The van der Waals surface area contributed by atoms with Crippen LogP contribution in [0.5, 0.6) is 57.5 Å². The number of ether oxygens (including phenoxy) is 9. The highest BCUT2D eigenvalue weighted by Crippen LogP contribution is 2.56. The van der Waals surface area contributed by atoms with Gasteiger partial charge in [-0.25, -0.2) is 24.0 Å². The van der Waals surface area contributed by atoms with Crippen LogP contribution in [0.3, 0.4) is 0 Å². The van der Waals surface area contributed by atoms with Gasteiger partial charge >= 0.3 is 29.8 Å². The number of para-hydroxylation sites is 19. The van der Waals surface area contributed by atoms with E-state index in [0.29, 0.717) is 71.6 Å². The average Bonchev–Trinajstić information content (AvgIpc) is 0.770. The number of fused-ring (bicyclic) bond motifs is 10. The monoisotopic (exact) mass is 2110 g/mol. The Kier molecular flexibility index (Phi) is 30.6. The Hall–Kier alpha value is -17.0. The molecular formula is C106H76Br4N8O21. The molecule has 0 saturated heterocycles. The van der Waals surface area contributed by atoms with Crippen molar-refractivity contribution in [1.82, 2.24) is 0 Å². The van der Waals surface area contributed by atoms with Crippen LogP contribution < -0.4 is 49.0 Å². The van der Waals surface area contributed by atoms with Crippen molar-refractivity contribution in [3.63, 3.8) is 0 Å². The van der Waals surface area contributed by atoms with Crippen molar-refractivity contribution in [3.05, 3.63) is 445 Å². The average molecular weight is 2120 g/mol. The molecule has 16 aromatic rings. The number of halogens is 4. The summed E-state index contributed by atoms with van der Waals surface area (Å²) in [6.07, 6.45) is 0.979. The van der Waals surface area contributed by atoms with E-state index in [2.05, 4.69) is 97.6 Å². The second kappa shape index (κ2) is 44.0. The minimum absolute atomic E-state index is 0.100. The topological polar surface area (TPSA) is 357 Å². The lowest BCUT2D eigenvalue weighted by molar-refractivity contribution is -0.385. The van der Waals surface area contributed by atoms with Crippen molar-refractivity contribution in [3.8, 4) is 57.5 Å². The van der Waals surface area contributed by atoms with E-state index in [4.69, 9.17) is 43.6 Å². The molecule has 694 valence electrons. The number of hydrogen-bond acceptors (Lipinski definition) is 25. The Morgan fingerprint density at radius 1 is 0.288 bits per heavy atom. The van der Waals surface area contributed by atoms with Crippen molar-refractivity contribution in [2.75, 3.05) is 53.8 Å². The number of carboxylic acids is 1. The largest absolute Gasteiger partial charge is 0.478 e. The molecule has 0 saturated carbocycles. The van der Waals surface area contributed by atoms with E-state index >= 15 is 0 Å². The van der Waals surface area contributed by atoms with Gasteiger partial charge in [-0.05, 0) is 203 Å². The summed E-state index contributed by atoms with van der Waals surface area (Å²) in [7, 11) is 5.07. The first-order chi connectivity index (χ1) is 67.2. The minimum atomic E-state index is -0.965. The number of methoxy groups -OCH3 is 4. The molecule has 29 nitrogen and oxygen atoms in total. The lowest BCUT2D eigenvalue weighted by atomic mass is 10.0. The maximum atomic E-state index is 12.0. The zero-order valence-electron chi connectivity index (χ0n) is 73.6. The van der Waals surface area contributed by atoms with Crippen LogP contribution in [-0.2, 0) is 25.4 Å².